The van der Waals surface area contributed by atoms with Gasteiger partial charge in [-0.15, -0.1) is 0 Å². The van der Waals surface area contributed by atoms with Gasteiger partial charge in [0.25, 0.3) is 0 Å². The normalized spacial score (nSPS) is 13.1. The Morgan fingerprint density at radius 3 is 2.61 bits per heavy atom. The molecule has 0 fully saturated rings. The summed E-state index contributed by atoms with van der Waals surface area (Å²) in [6, 6.07) is 11.2. The van der Waals surface area contributed by atoms with E-state index in [0.29, 0.717) is 11.5 Å². The molecule has 92 valence electrons. The number of halogens is 1. The number of rotatable bonds is 2. The van der Waals surface area contributed by atoms with E-state index in [0.717, 1.165) is 21.2 Å². The lowest BCUT2D eigenvalue weighted by Crippen LogP contribution is -2.09. The number of furan rings is 2. The highest BCUT2D eigenvalue weighted by Gasteiger charge is 2.17. The molecule has 0 saturated carbocycles. The summed E-state index contributed by atoms with van der Waals surface area (Å²) in [5.41, 5.74) is 6.96. The number of aryl methyl sites for hydroxylation is 1. The third kappa shape index (κ3) is 1.98. The molecule has 0 aliphatic carbocycles. The molecule has 0 radical (unpaired) electrons. The first kappa shape index (κ1) is 11.6. The van der Waals surface area contributed by atoms with Crippen LogP contribution in [0.15, 0.2) is 49.7 Å². The van der Waals surface area contributed by atoms with Crippen LogP contribution in [0.1, 0.15) is 23.3 Å². The van der Waals surface area contributed by atoms with Crippen LogP contribution < -0.4 is 5.73 Å². The minimum Gasteiger partial charge on any atom is -0.464 e. The van der Waals surface area contributed by atoms with Crippen LogP contribution in [0.2, 0.25) is 0 Å². The van der Waals surface area contributed by atoms with Crippen molar-refractivity contribution in [2.75, 3.05) is 0 Å². The molecule has 3 aromatic rings. The van der Waals surface area contributed by atoms with Crippen molar-refractivity contribution in [2.24, 2.45) is 5.73 Å². The highest BCUT2D eigenvalue weighted by molar-refractivity contribution is 9.10. The summed E-state index contributed by atoms with van der Waals surface area (Å²) in [5.74, 6) is 2.27. The maximum atomic E-state index is 6.13. The molecule has 1 atom stereocenters. The van der Waals surface area contributed by atoms with Gasteiger partial charge in [-0.1, -0.05) is 15.9 Å². The lowest BCUT2D eigenvalue weighted by molar-refractivity contribution is 0.431. The van der Waals surface area contributed by atoms with Crippen LogP contribution in [0.4, 0.5) is 0 Å². The van der Waals surface area contributed by atoms with Gasteiger partial charge in [-0.25, -0.2) is 0 Å². The number of nitrogens with two attached hydrogens (primary N) is 1. The van der Waals surface area contributed by atoms with Crippen molar-refractivity contribution in [3.8, 4) is 0 Å². The number of fused-ring (bicyclic) bond motifs is 1. The van der Waals surface area contributed by atoms with Gasteiger partial charge in [-0.3, -0.25) is 0 Å². The average Bonchev–Trinajstić information content (AvgIpc) is 2.93. The summed E-state index contributed by atoms with van der Waals surface area (Å²) < 4.78 is 12.3. The Morgan fingerprint density at radius 1 is 1.06 bits per heavy atom. The second-order valence-electron chi connectivity index (χ2n) is 4.26. The second kappa shape index (κ2) is 4.30. The fourth-order valence-corrected chi connectivity index (χ4v) is 2.33. The summed E-state index contributed by atoms with van der Waals surface area (Å²) in [4.78, 5) is 0. The van der Waals surface area contributed by atoms with Gasteiger partial charge in [0.1, 0.15) is 28.9 Å². The Bertz CT molecular complexity index is 699. The molecule has 1 unspecified atom stereocenters. The van der Waals surface area contributed by atoms with Crippen LogP contribution in [-0.2, 0) is 0 Å². The Morgan fingerprint density at radius 2 is 1.89 bits per heavy atom. The van der Waals surface area contributed by atoms with E-state index in [1.165, 1.54) is 0 Å². The Balaban J connectivity index is 2.03. The number of hydrogen-bond donors (Lipinski definition) is 1. The van der Waals surface area contributed by atoms with E-state index in [9.17, 15) is 0 Å². The Hall–Kier alpha value is -1.52. The average molecular weight is 306 g/mol. The topological polar surface area (TPSA) is 52.3 Å². The molecule has 2 heterocycles. The van der Waals surface area contributed by atoms with E-state index in [1.807, 2.05) is 43.3 Å². The van der Waals surface area contributed by atoms with E-state index in [4.69, 9.17) is 14.6 Å². The molecule has 2 N–H and O–H groups in total. The number of benzene rings is 1. The van der Waals surface area contributed by atoms with E-state index < -0.39 is 0 Å². The van der Waals surface area contributed by atoms with E-state index in [-0.39, 0.29) is 6.04 Å². The van der Waals surface area contributed by atoms with Gasteiger partial charge in [-0.05, 0) is 43.3 Å². The Kier molecular flexibility index (Phi) is 2.76. The Labute approximate surface area is 113 Å². The largest absolute Gasteiger partial charge is 0.464 e. The highest BCUT2D eigenvalue weighted by Crippen LogP contribution is 2.29. The molecule has 0 bridgehead atoms. The van der Waals surface area contributed by atoms with Crippen LogP contribution in [0.3, 0.4) is 0 Å². The molecule has 0 aliphatic heterocycles. The molecular weight excluding hydrogens is 294 g/mol. The van der Waals surface area contributed by atoms with Crippen molar-refractivity contribution < 1.29 is 8.83 Å². The van der Waals surface area contributed by atoms with Crippen molar-refractivity contribution in [1.29, 1.82) is 0 Å². The molecule has 0 spiro atoms. The summed E-state index contributed by atoms with van der Waals surface area (Å²) in [6.45, 7) is 1.89. The highest BCUT2D eigenvalue weighted by atomic mass is 79.9. The predicted octanol–water partition coefficient (Wildman–Crippen LogP) is 4.14. The molecule has 3 nitrogen and oxygen atoms in total. The lowest BCUT2D eigenvalue weighted by Gasteiger charge is -2.04. The molecule has 0 saturated heterocycles. The second-order valence-corrected chi connectivity index (χ2v) is 5.17. The van der Waals surface area contributed by atoms with Crippen LogP contribution in [0.25, 0.3) is 11.0 Å². The van der Waals surface area contributed by atoms with Crippen molar-refractivity contribution >= 4 is 26.9 Å². The van der Waals surface area contributed by atoms with Crippen molar-refractivity contribution in [3.63, 3.8) is 0 Å². The fourth-order valence-electron chi connectivity index (χ4n) is 1.95. The molecule has 0 aliphatic rings. The monoisotopic (exact) mass is 305 g/mol. The minimum atomic E-state index is -0.370. The van der Waals surface area contributed by atoms with Gasteiger partial charge in [0.15, 0.2) is 0 Å². The molecule has 0 amide bonds. The first-order valence-electron chi connectivity index (χ1n) is 5.64. The van der Waals surface area contributed by atoms with Crippen molar-refractivity contribution in [2.45, 2.75) is 13.0 Å². The quantitative estimate of drug-likeness (QED) is 0.774. The first-order valence-corrected chi connectivity index (χ1v) is 6.44. The molecular formula is C14H12BrNO2. The summed E-state index contributed by atoms with van der Waals surface area (Å²) in [5, 5.41) is 1.03. The van der Waals surface area contributed by atoms with Gasteiger partial charge in [0.05, 0.1) is 0 Å². The van der Waals surface area contributed by atoms with E-state index in [2.05, 4.69) is 15.9 Å². The minimum absolute atomic E-state index is 0.370. The van der Waals surface area contributed by atoms with E-state index in [1.54, 1.807) is 0 Å². The molecule has 18 heavy (non-hydrogen) atoms. The maximum absolute atomic E-state index is 6.13. The van der Waals surface area contributed by atoms with Gasteiger partial charge >= 0.3 is 0 Å². The predicted molar refractivity (Wildman–Crippen MR) is 73.4 cm³/mol. The molecule has 3 rings (SSSR count). The molecule has 2 aromatic heterocycles. The van der Waals surface area contributed by atoms with Crippen LogP contribution in [0.5, 0.6) is 0 Å². The van der Waals surface area contributed by atoms with Gasteiger partial charge in [0, 0.05) is 9.86 Å². The van der Waals surface area contributed by atoms with Gasteiger partial charge in [-0.2, -0.15) is 0 Å². The van der Waals surface area contributed by atoms with Crippen molar-refractivity contribution in [3.05, 3.63) is 58.2 Å². The lowest BCUT2D eigenvalue weighted by atomic mass is 10.1. The smallest absolute Gasteiger partial charge is 0.134 e. The zero-order valence-corrected chi connectivity index (χ0v) is 11.4. The van der Waals surface area contributed by atoms with Crippen LogP contribution >= 0.6 is 15.9 Å². The fraction of sp³-hybridized carbons (Fsp3) is 0.143. The third-order valence-corrected chi connectivity index (χ3v) is 3.36. The summed E-state index contributed by atoms with van der Waals surface area (Å²) in [6.07, 6.45) is 0. The summed E-state index contributed by atoms with van der Waals surface area (Å²) in [7, 11) is 0. The zero-order valence-electron chi connectivity index (χ0n) is 9.81. The first-order chi connectivity index (χ1) is 8.63. The van der Waals surface area contributed by atoms with Gasteiger partial charge < -0.3 is 14.6 Å². The van der Waals surface area contributed by atoms with E-state index >= 15 is 0 Å². The van der Waals surface area contributed by atoms with Crippen molar-refractivity contribution in [1.82, 2.24) is 0 Å². The maximum Gasteiger partial charge on any atom is 0.134 e. The van der Waals surface area contributed by atoms with Gasteiger partial charge in [0.2, 0.25) is 0 Å². The third-order valence-electron chi connectivity index (χ3n) is 2.87. The zero-order chi connectivity index (χ0) is 12.7. The van der Waals surface area contributed by atoms with Crippen LogP contribution in [0, 0.1) is 6.92 Å². The molecule has 1 aromatic carbocycles. The summed E-state index contributed by atoms with van der Waals surface area (Å²) >= 11 is 3.44. The SMILES string of the molecule is Cc1ccc(C(N)c2cc3cc(Br)ccc3o2)o1. The van der Waals surface area contributed by atoms with Crippen LogP contribution in [-0.4, -0.2) is 0 Å². The molecule has 4 heteroatoms. The standard InChI is InChI=1S/C14H12BrNO2/c1-8-2-4-12(17-8)14(16)13-7-9-6-10(15)3-5-11(9)18-13/h2-7,14H,16H2,1H3. The number of hydrogen-bond acceptors (Lipinski definition) is 3.